The number of hydrazine groups is 1. The zero-order valence-corrected chi connectivity index (χ0v) is 10.8. The molecule has 1 aromatic rings. The highest BCUT2D eigenvalue weighted by Crippen LogP contribution is 2.38. The van der Waals surface area contributed by atoms with Gasteiger partial charge in [-0.3, -0.25) is 0 Å². The van der Waals surface area contributed by atoms with E-state index in [1.54, 1.807) is 6.07 Å². The summed E-state index contributed by atoms with van der Waals surface area (Å²) >= 11 is 0. The lowest BCUT2D eigenvalue weighted by atomic mass is 10.1. The Bertz CT molecular complexity index is 407. The van der Waals surface area contributed by atoms with Crippen molar-refractivity contribution >= 4 is 11.6 Å². The predicted molar refractivity (Wildman–Crippen MR) is 71.2 cm³/mol. The third-order valence-corrected chi connectivity index (χ3v) is 3.35. The van der Waals surface area contributed by atoms with Crippen LogP contribution in [0.4, 0.5) is 11.6 Å². The second-order valence-electron chi connectivity index (χ2n) is 5.01. The summed E-state index contributed by atoms with van der Waals surface area (Å²) in [6.07, 6.45) is 2.30. The van der Waals surface area contributed by atoms with Crippen molar-refractivity contribution in [2.45, 2.75) is 38.6 Å². The van der Waals surface area contributed by atoms with Crippen molar-refractivity contribution in [1.29, 1.82) is 0 Å². The number of anilines is 2. The number of aliphatic hydroxyl groups is 1. The van der Waals surface area contributed by atoms with E-state index >= 15 is 0 Å². The van der Waals surface area contributed by atoms with E-state index in [1.165, 1.54) is 0 Å². The number of hydrogen-bond acceptors (Lipinski definition) is 6. The molecule has 2 atom stereocenters. The second-order valence-corrected chi connectivity index (χ2v) is 5.01. The van der Waals surface area contributed by atoms with Crippen LogP contribution >= 0.6 is 0 Å². The van der Waals surface area contributed by atoms with E-state index in [0.29, 0.717) is 11.7 Å². The summed E-state index contributed by atoms with van der Waals surface area (Å²) in [7, 11) is 0. The first-order chi connectivity index (χ1) is 8.63. The number of rotatable bonds is 6. The number of hydrogen-bond donors (Lipinski definition) is 4. The molecule has 6 nitrogen and oxygen atoms in total. The molecule has 2 unspecified atom stereocenters. The van der Waals surface area contributed by atoms with Crippen LogP contribution in [0.15, 0.2) is 6.07 Å². The van der Waals surface area contributed by atoms with E-state index in [4.69, 9.17) is 10.9 Å². The number of nitrogens with two attached hydrogens (primary N) is 1. The standard InChI is InChI=1S/C12H21N5O/c1-7(6-18)8(2)14-10-5-11(17-13)16-12(15-10)9-3-4-9/h5,7-9,18H,3-4,6,13H2,1-2H3,(H2,14,15,16,17). The minimum absolute atomic E-state index is 0.141. The van der Waals surface area contributed by atoms with Crippen molar-refractivity contribution in [2.75, 3.05) is 17.3 Å². The monoisotopic (exact) mass is 251 g/mol. The summed E-state index contributed by atoms with van der Waals surface area (Å²) in [6, 6.07) is 1.93. The molecule has 0 spiro atoms. The molecule has 0 amide bonds. The molecule has 1 fully saturated rings. The van der Waals surface area contributed by atoms with Gasteiger partial charge in [0.05, 0.1) is 0 Å². The minimum atomic E-state index is 0.141. The van der Waals surface area contributed by atoms with Crippen molar-refractivity contribution < 1.29 is 5.11 Å². The lowest BCUT2D eigenvalue weighted by Gasteiger charge is -2.20. The smallest absolute Gasteiger partial charge is 0.145 e. The van der Waals surface area contributed by atoms with Crippen LogP contribution < -0.4 is 16.6 Å². The number of aliphatic hydroxyl groups excluding tert-OH is 1. The third kappa shape index (κ3) is 3.08. The maximum Gasteiger partial charge on any atom is 0.145 e. The lowest BCUT2D eigenvalue weighted by Crippen LogP contribution is -2.27. The predicted octanol–water partition coefficient (Wildman–Crippen LogP) is 1.07. The van der Waals surface area contributed by atoms with Crippen molar-refractivity contribution in [2.24, 2.45) is 11.8 Å². The van der Waals surface area contributed by atoms with E-state index in [9.17, 15) is 0 Å². The first-order valence-electron chi connectivity index (χ1n) is 6.37. The van der Waals surface area contributed by atoms with Crippen LogP contribution in [-0.2, 0) is 0 Å². The lowest BCUT2D eigenvalue weighted by molar-refractivity contribution is 0.226. The van der Waals surface area contributed by atoms with Gasteiger partial charge in [0, 0.05) is 24.6 Å². The highest BCUT2D eigenvalue weighted by molar-refractivity contribution is 5.48. The Labute approximate surface area is 107 Å². The first-order valence-corrected chi connectivity index (χ1v) is 6.37. The Balaban J connectivity index is 2.13. The summed E-state index contributed by atoms with van der Waals surface area (Å²) < 4.78 is 0. The minimum Gasteiger partial charge on any atom is -0.396 e. The van der Waals surface area contributed by atoms with Gasteiger partial charge in [-0.25, -0.2) is 15.8 Å². The van der Waals surface area contributed by atoms with Gasteiger partial charge in [-0.1, -0.05) is 6.92 Å². The molecule has 6 heteroatoms. The molecule has 5 N–H and O–H groups in total. The van der Waals surface area contributed by atoms with Crippen molar-refractivity contribution in [3.63, 3.8) is 0 Å². The molecule has 1 aromatic heterocycles. The number of aromatic nitrogens is 2. The van der Waals surface area contributed by atoms with Crippen LogP contribution in [0, 0.1) is 5.92 Å². The van der Waals surface area contributed by atoms with Crippen LogP contribution in [0.25, 0.3) is 0 Å². The average molecular weight is 251 g/mol. The van der Waals surface area contributed by atoms with E-state index in [0.717, 1.165) is 24.5 Å². The number of nitrogens with zero attached hydrogens (tertiary/aromatic N) is 2. The molecule has 100 valence electrons. The maximum atomic E-state index is 9.13. The van der Waals surface area contributed by atoms with Gasteiger partial charge in [0.1, 0.15) is 17.5 Å². The van der Waals surface area contributed by atoms with E-state index in [-0.39, 0.29) is 18.6 Å². The zero-order chi connectivity index (χ0) is 13.1. The van der Waals surface area contributed by atoms with E-state index in [2.05, 4.69) is 20.7 Å². The Hall–Kier alpha value is -1.40. The van der Waals surface area contributed by atoms with Gasteiger partial charge in [0.25, 0.3) is 0 Å². The molecule has 0 radical (unpaired) electrons. The van der Waals surface area contributed by atoms with Crippen molar-refractivity contribution in [1.82, 2.24) is 9.97 Å². The van der Waals surface area contributed by atoms with Gasteiger partial charge in [0.2, 0.25) is 0 Å². The summed E-state index contributed by atoms with van der Waals surface area (Å²) in [6.45, 7) is 4.16. The van der Waals surface area contributed by atoms with Gasteiger partial charge < -0.3 is 15.8 Å². The molecule has 2 rings (SSSR count). The Kier molecular flexibility index (Phi) is 3.98. The Morgan fingerprint density at radius 2 is 2.06 bits per heavy atom. The summed E-state index contributed by atoms with van der Waals surface area (Å²) in [5, 5.41) is 12.4. The number of nitrogens with one attached hydrogen (secondary N) is 2. The quantitative estimate of drug-likeness (QED) is 0.446. The maximum absolute atomic E-state index is 9.13. The largest absolute Gasteiger partial charge is 0.396 e. The van der Waals surface area contributed by atoms with Gasteiger partial charge in [-0.2, -0.15) is 0 Å². The molecule has 1 aliphatic carbocycles. The number of nitrogen functional groups attached to an aromatic ring is 1. The summed E-state index contributed by atoms with van der Waals surface area (Å²) in [5.41, 5.74) is 2.57. The molecule has 18 heavy (non-hydrogen) atoms. The summed E-state index contributed by atoms with van der Waals surface area (Å²) in [5.74, 6) is 8.28. The van der Waals surface area contributed by atoms with Crippen molar-refractivity contribution in [3.8, 4) is 0 Å². The topological polar surface area (TPSA) is 96.1 Å². The first kappa shape index (κ1) is 13.0. The Morgan fingerprint density at radius 1 is 1.39 bits per heavy atom. The van der Waals surface area contributed by atoms with Crippen LogP contribution in [-0.4, -0.2) is 27.7 Å². The average Bonchev–Trinajstić information content (AvgIpc) is 3.21. The highest BCUT2D eigenvalue weighted by atomic mass is 16.3. The molecule has 0 bridgehead atoms. The molecule has 1 heterocycles. The van der Waals surface area contributed by atoms with E-state index < -0.39 is 0 Å². The normalized spacial score (nSPS) is 18.2. The SMILES string of the molecule is CC(CO)C(C)Nc1cc(NN)nc(C2CC2)n1. The fourth-order valence-corrected chi connectivity index (χ4v) is 1.67. The molecule has 0 saturated heterocycles. The van der Waals surface area contributed by atoms with Crippen LogP contribution in [0.3, 0.4) is 0 Å². The molecule has 0 aromatic carbocycles. The molecular formula is C12H21N5O. The van der Waals surface area contributed by atoms with Gasteiger partial charge in [-0.05, 0) is 25.7 Å². The van der Waals surface area contributed by atoms with Crippen LogP contribution in [0.5, 0.6) is 0 Å². The fraction of sp³-hybridized carbons (Fsp3) is 0.667. The van der Waals surface area contributed by atoms with E-state index in [1.807, 2.05) is 13.8 Å². The summed E-state index contributed by atoms with van der Waals surface area (Å²) in [4.78, 5) is 8.85. The van der Waals surface area contributed by atoms with Gasteiger partial charge in [0.15, 0.2) is 0 Å². The highest BCUT2D eigenvalue weighted by Gasteiger charge is 2.27. The molecule has 1 saturated carbocycles. The molecule has 0 aliphatic heterocycles. The van der Waals surface area contributed by atoms with Crippen molar-refractivity contribution in [3.05, 3.63) is 11.9 Å². The molecule has 1 aliphatic rings. The second kappa shape index (κ2) is 5.49. The fourth-order valence-electron chi connectivity index (χ4n) is 1.67. The third-order valence-electron chi connectivity index (χ3n) is 3.35. The molecular weight excluding hydrogens is 230 g/mol. The van der Waals surface area contributed by atoms with Crippen LogP contribution in [0.2, 0.25) is 0 Å². The van der Waals surface area contributed by atoms with Crippen LogP contribution in [0.1, 0.15) is 38.4 Å². The van der Waals surface area contributed by atoms with Gasteiger partial charge >= 0.3 is 0 Å². The zero-order valence-electron chi connectivity index (χ0n) is 10.8. The van der Waals surface area contributed by atoms with Gasteiger partial charge in [-0.15, -0.1) is 0 Å². The Morgan fingerprint density at radius 3 is 2.61 bits per heavy atom.